The van der Waals surface area contributed by atoms with E-state index < -0.39 is 0 Å². The molecule has 0 spiro atoms. The van der Waals surface area contributed by atoms with Gasteiger partial charge in [0.15, 0.2) is 0 Å². The van der Waals surface area contributed by atoms with E-state index in [1.54, 1.807) is 0 Å². The molecule has 1 fully saturated rings. The third-order valence-electron chi connectivity index (χ3n) is 4.25. The largest absolute Gasteiger partial charge is 0.352 e. The Morgan fingerprint density at radius 1 is 1.27 bits per heavy atom. The van der Waals surface area contributed by atoms with Gasteiger partial charge in [0.1, 0.15) is 0 Å². The molecule has 4 heteroatoms. The van der Waals surface area contributed by atoms with Crippen LogP contribution in [0.3, 0.4) is 0 Å². The predicted molar refractivity (Wildman–Crippen MR) is 94.9 cm³/mol. The number of piperidine rings is 1. The average Bonchev–Trinajstić information content (AvgIpc) is 2.47. The number of hydrogen-bond acceptors (Lipinski definition) is 2. The van der Waals surface area contributed by atoms with Gasteiger partial charge in [-0.05, 0) is 61.4 Å². The molecule has 1 aromatic carbocycles. The van der Waals surface area contributed by atoms with E-state index in [0.29, 0.717) is 5.92 Å². The first kappa shape index (κ1) is 19.0. The number of rotatable bonds is 4. The highest BCUT2D eigenvalue weighted by Crippen LogP contribution is 2.22. The van der Waals surface area contributed by atoms with E-state index in [-0.39, 0.29) is 23.7 Å². The van der Waals surface area contributed by atoms with Crippen molar-refractivity contribution in [1.29, 1.82) is 0 Å². The zero-order valence-electron chi connectivity index (χ0n) is 13.9. The van der Waals surface area contributed by atoms with E-state index in [4.69, 9.17) is 0 Å². The zero-order valence-corrected chi connectivity index (χ0v) is 14.8. The van der Waals surface area contributed by atoms with E-state index in [1.807, 2.05) is 12.1 Å². The summed E-state index contributed by atoms with van der Waals surface area (Å²) in [6, 6.07) is 7.97. The van der Waals surface area contributed by atoms with Crippen LogP contribution >= 0.6 is 12.4 Å². The molecule has 2 rings (SSSR count). The highest BCUT2D eigenvalue weighted by atomic mass is 35.5. The third-order valence-corrected chi connectivity index (χ3v) is 4.25. The Bertz CT molecular complexity index is 459. The molecule has 22 heavy (non-hydrogen) atoms. The number of benzene rings is 1. The van der Waals surface area contributed by atoms with Gasteiger partial charge in [-0.15, -0.1) is 12.4 Å². The Labute approximate surface area is 140 Å². The molecule has 1 unspecified atom stereocenters. The maximum atomic E-state index is 12.1. The molecule has 0 bridgehead atoms. The van der Waals surface area contributed by atoms with Crippen molar-refractivity contribution in [2.75, 3.05) is 19.6 Å². The molecule has 1 saturated heterocycles. The fourth-order valence-corrected chi connectivity index (χ4v) is 2.78. The number of carbonyl (C=O) groups is 1. The SMILES string of the molecule is CC(C)(C)c1ccc(C(=O)NCCC2CCCNC2)cc1.Cl. The van der Waals surface area contributed by atoms with Crippen LogP contribution in [0.5, 0.6) is 0 Å². The summed E-state index contributed by atoms with van der Waals surface area (Å²) in [5.41, 5.74) is 2.14. The van der Waals surface area contributed by atoms with Crippen molar-refractivity contribution in [2.45, 2.75) is 45.4 Å². The molecule has 1 aliphatic heterocycles. The summed E-state index contributed by atoms with van der Waals surface area (Å²) in [5.74, 6) is 0.751. The first-order chi connectivity index (χ1) is 9.97. The Morgan fingerprint density at radius 3 is 2.50 bits per heavy atom. The maximum absolute atomic E-state index is 12.1. The first-order valence-electron chi connectivity index (χ1n) is 8.06. The van der Waals surface area contributed by atoms with E-state index >= 15 is 0 Å². The quantitative estimate of drug-likeness (QED) is 0.889. The lowest BCUT2D eigenvalue weighted by Gasteiger charge is -2.22. The van der Waals surface area contributed by atoms with Gasteiger partial charge in [-0.1, -0.05) is 32.9 Å². The molecule has 124 valence electrons. The van der Waals surface area contributed by atoms with Gasteiger partial charge in [0, 0.05) is 12.1 Å². The van der Waals surface area contributed by atoms with Gasteiger partial charge in [-0.2, -0.15) is 0 Å². The third kappa shape index (κ3) is 5.62. The Kier molecular flexibility index (Phi) is 7.37. The van der Waals surface area contributed by atoms with Crippen molar-refractivity contribution >= 4 is 18.3 Å². The smallest absolute Gasteiger partial charge is 0.251 e. The summed E-state index contributed by atoms with van der Waals surface area (Å²) in [5, 5.41) is 6.45. The van der Waals surface area contributed by atoms with Crippen molar-refractivity contribution < 1.29 is 4.79 Å². The fourth-order valence-electron chi connectivity index (χ4n) is 2.78. The van der Waals surface area contributed by atoms with Crippen LogP contribution in [0.4, 0.5) is 0 Å². The van der Waals surface area contributed by atoms with Gasteiger partial charge >= 0.3 is 0 Å². The van der Waals surface area contributed by atoms with E-state index in [9.17, 15) is 4.79 Å². The highest BCUT2D eigenvalue weighted by Gasteiger charge is 2.15. The second-order valence-corrected chi connectivity index (χ2v) is 7.08. The fraction of sp³-hybridized carbons (Fsp3) is 0.611. The average molecular weight is 325 g/mol. The molecular formula is C18H29ClN2O. The Balaban J connectivity index is 0.00000242. The van der Waals surface area contributed by atoms with Crippen LogP contribution in [0, 0.1) is 5.92 Å². The number of amides is 1. The molecule has 0 saturated carbocycles. The van der Waals surface area contributed by atoms with Crippen LogP contribution in [-0.2, 0) is 5.41 Å². The van der Waals surface area contributed by atoms with Crippen molar-refractivity contribution in [1.82, 2.24) is 10.6 Å². The molecule has 1 aromatic rings. The lowest BCUT2D eigenvalue weighted by Crippen LogP contribution is -2.33. The zero-order chi connectivity index (χ0) is 15.3. The maximum Gasteiger partial charge on any atom is 0.251 e. The van der Waals surface area contributed by atoms with Crippen LogP contribution in [0.15, 0.2) is 24.3 Å². The molecule has 3 nitrogen and oxygen atoms in total. The summed E-state index contributed by atoms with van der Waals surface area (Å²) in [4.78, 5) is 12.1. The van der Waals surface area contributed by atoms with Crippen LogP contribution in [0.2, 0.25) is 0 Å². The van der Waals surface area contributed by atoms with Gasteiger partial charge in [0.05, 0.1) is 0 Å². The number of nitrogens with one attached hydrogen (secondary N) is 2. The summed E-state index contributed by atoms with van der Waals surface area (Å²) < 4.78 is 0. The van der Waals surface area contributed by atoms with Crippen LogP contribution < -0.4 is 10.6 Å². The van der Waals surface area contributed by atoms with Crippen LogP contribution in [0.25, 0.3) is 0 Å². The minimum absolute atomic E-state index is 0. The summed E-state index contributed by atoms with van der Waals surface area (Å²) in [7, 11) is 0. The molecule has 2 N–H and O–H groups in total. The van der Waals surface area contributed by atoms with Crippen LogP contribution in [-0.4, -0.2) is 25.5 Å². The van der Waals surface area contributed by atoms with Crippen molar-refractivity contribution in [2.24, 2.45) is 5.92 Å². The Morgan fingerprint density at radius 2 is 1.95 bits per heavy atom. The second-order valence-electron chi connectivity index (χ2n) is 7.08. The van der Waals surface area contributed by atoms with Gasteiger partial charge < -0.3 is 10.6 Å². The normalized spacial score (nSPS) is 18.4. The van der Waals surface area contributed by atoms with Crippen molar-refractivity contribution in [3.63, 3.8) is 0 Å². The van der Waals surface area contributed by atoms with Crippen LogP contribution in [0.1, 0.15) is 56.0 Å². The molecule has 1 aliphatic rings. The standard InChI is InChI=1S/C18H28N2O.ClH/c1-18(2,3)16-8-6-15(7-9-16)17(21)20-12-10-14-5-4-11-19-13-14;/h6-9,14,19H,4-5,10-13H2,1-3H3,(H,20,21);1H. The van der Waals surface area contributed by atoms with Gasteiger partial charge in [0.2, 0.25) is 0 Å². The molecule has 0 aliphatic carbocycles. The number of halogens is 1. The second kappa shape index (κ2) is 8.54. The van der Waals surface area contributed by atoms with E-state index in [1.165, 1.54) is 18.4 Å². The molecule has 0 radical (unpaired) electrons. The van der Waals surface area contributed by atoms with E-state index in [0.717, 1.165) is 31.6 Å². The van der Waals surface area contributed by atoms with Crippen molar-refractivity contribution in [3.05, 3.63) is 35.4 Å². The lowest BCUT2D eigenvalue weighted by atomic mass is 9.86. The van der Waals surface area contributed by atoms with E-state index in [2.05, 4.69) is 43.5 Å². The summed E-state index contributed by atoms with van der Waals surface area (Å²) >= 11 is 0. The predicted octanol–water partition coefficient (Wildman–Crippen LogP) is 3.53. The minimum atomic E-state index is 0. The molecule has 1 heterocycles. The summed E-state index contributed by atoms with van der Waals surface area (Å²) in [6.07, 6.45) is 3.61. The molecule has 0 aromatic heterocycles. The summed E-state index contributed by atoms with van der Waals surface area (Å²) in [6.45, 7) is 9.55. The van der Waals surface area contributed by atoms with Crippen molar-refractivity contribution in [3.8, 4) is 0 Å². The molecule has 1 atom stereocenters. The lowest BCUT2D eigenvalue weighted by molar-refractivity contribution is 0.0950. The van der Waals surface area contributed by atoms with Gasteiger partial charge in [0.25, 0.3) is 5.91 Å². The minimum Gasteiger partial charge on any atom is -0.352 e. The molecular weight excluding hydrogens is 296 g/mol. The molecule has 1 amide bonds. The first-order valence-corrected chi connectivity index (χ1v) is 8.06. The van der Waals surface area contributed by atoms with Gasteiger partial charge in [-0.25, -0.2) is 0 Å². The monoisotopic (exact) mass is 324 g/mol. The number of carbonyl (C=O) groups excluding carboxylic acids is 1. The van der Waals surface area contributed by atoms with Gasteiger partial charge in [-0.3, -0.25) is 4.79 Å². The highest BCUT2D eigenvalue weighted by molar-refractivity contribution is 5.94. The number of hydrogen-bond donors (Lipinski definition) is 2. The topological polar surface area (TPSA) is 41.1 Å². The Hall–Kier alpha value is -1.06.